The van der Waals surface area contributed by atoms with Crippen LogP contribution in [0.3, 0.4) is 0 Å². The highest BCUT2D eigenvalue weighted by molar-refractivity contribution is 6.32. The van der Waals surface area contributed by atoms with Crippen LogP contribution in [0.4, 0.5) is 0 Å². The van der Waals surface area contributed by atoms with E-state index in [2.05, 4.69) is 5.10 Å². The summed E-state index contributed by atoms with van der Waals surface area (Å²) in [4.78, 5) is 25.1. The molecule has 27 heavy (non-hydrogen) atoms. The van der Waals surface area contributed by atoms with Crippen LogP contribution in [-0.4, -0.2) is 21.5 Å². The van der Waals surface area contributed by atoms with Gasteiger partial charge in [0.1, 0.15) is 5.56 Å². The number of rotatable bonds is 5. The fourth-order valence-electron chi connectivity index (χ4n) is 2.97. The van der Waals surface area contributed by atoms with Crippen molar-refractivity contribution in [2.45, 2.75) is 48.0 Å². The average Bonchev–Trinajstić information content (AvgIpc) is 2.87. The zero-order chi connectivity index (χ0) is 20.5. The number of ether oxygens (including phenoxy) is 1. The second-order valence-electron chi connectivity index (χ2n) is 6.77. The van der Waals surface area contributed by atoms with Crippen molar-refractivity contribution >= 4 is 28.9 Å². The molecule has 2 aromatic rings. The molecule has 0 amide bonds. The summed E-state index contributed by atoms with van der Waals surface area (Å²) in [6.07, 6.45) is 0.210. The smallest absolute Gasteiger partial charge is 0.312 e. The lowest BCUT2D eigenvalue weighted by Crippen LogP contribution is -2.13. The molecule has 144 valence electrons. The number of carbonyl (C=O) groups excluding carboxylic acids is 2. The summed E-state index contributed by atoms with van der Waals surface area (Å²) < 4.78 is 6.79. The van der Waals surface area contributed by atoms with Crippen LogP contribution in [0.2, 0.25) is 5.02 Å². The summed E-state index contributed by atoms with van der Waals surface area (Å²) in [5.41, 5.74) is 5.13. The van der Waals surface area contributed by atoms with E-state index in [4.69, 9.17) is 16.3 Å². The SMILES string of the molecule is CCC(=O)Oc1c(C(=O)c2ccc(Cl)c(C(C)=C(C)C)c2C)c(C)nn1C. The van der Waals surface area contributed by atoms with Crippen molar-refractivity contribution in [2.75, 3.05) is 0 Å². The third-order valence-corrected chi connectivity index (χ3v) is 4.99. The van der Waals surface area contributed by atoms with Gasteiger partial charge in [-0.05, 0) is 63.5 Å². The maximum atomic E-state index is 13.3. The Hall–Kier alpha value is -2.40. The first kappa shape index (κ1) is 20.9. The Morgan fingerprint density at radius 2 is 1.78 bits per heavy atom. The van der Waals surface area contributed by atoms with Gasteiger partial charge in [0.15, 0.2) is 0 Å². The predicted octanol–water partition coefficient (Wildman–Crippen LogP) is 5.05. The van der Waals surface area contributed by atoms with Gasteiger partial charge in [0.2, 0.25) is 11.7 Å². The molecule has 0 aliphatic carbocycles. The summed E-state index contributed by atoms with van der Waals surface area (Å²) in [5, 5.41) is 4.86. The van der Waals surface area contributed by atoms with Gasteiger partial charge in [-0.15, -0.1) is 0 Å². The monoisotopic (exact) mass is 388 g/mol. The van der Waals surface area contributed by atoms with Crippen molar-refractivity contribution in [3.63, 3.8) is 0 Å². The van der Waals surface area contributed by atoms with Gasteiger partial charge in [-0.25, -0.2) is 4.68 Å². The number of halogens is 1. The maximum Gasteiger partial charge on any atom is 0.312 e. The zero-order valence-electron chi connectivity index (χ0n) is 16.9. The number of nitrogens with zero attached hydrogens (tertiary/aromatic N) is 2. The lowest BCUT2D eigenvalue weighted by Gasteiger charge is -2.15. The minimum atomic E-state index is -0.416. The van der Waals surface area contributed by atoms with Gasteiger partial charge in [0.25, 0.3) is 0 Å². The molecule has 0 N–H and O–H groups in total. The average molecular weight is 389 g/mol. The molecule has 0 unspecified atom stereocenters. The third kappa shape index (κ3) is 3.98. The number of aromatic nitrogens is 2. The Morgan fingerprint density at radius 1 is 1.15 bits per heavy atom. The van der Waals surface area contributed by atoms with Crippen LogP contribution >= 0.6 is 11.6 Å². The van der Waals surface area contributed by atoms with Gasteiger partial charge in [0, 0.05) is 24.1 Å². The van der Waals surface area contributed by atoms with Crippen LogP contribution in [0.5, 0.6) is 5.88 Å². The molecule has 0 bridgehead atoms. The van der Waals surface area contributed by atoms with Crippen LogP contribution in [0, 0.1) is 13.8 Å². The molecule has 0 radical (unpaired) electrons. The molecule has 0 fully saturated rings. The van der Waals surface area contributed by atoms with Gasteiger partial charge in [0.05, 0.1) is 5.69 Å². The molecular weight excluding hydrogens is 364 g/mol. The summed E-state index contributed by atoms with van der Waals surface area (Å²) in [6, 6.07) is 3.44. The van der Waals surface area contributed by atoms with Crippen LogP contribution < -0.4 is 4.74 Å². The van der Waals surface area contributed by atoms with E-state index in [1.54, 1.807) is 33.0 Å². The first-order valence-electron chi connectivity index (χ1n) is 8.82. The lowest BCUT2D eigenvalue weighted by molar-refractivity contribution is -0.134. The van der Waals surface area contributed by atoms with Crippen molar-refractivity contribution < 1.29 is 14.3 Å². The van der Waals surface area contributed by atoms with E-state index >= 15 is 0 Å². The Morgan fingerprint density at radius 3 is 2.33 bits per heavy atom. The molecule has 1 aromatic heterocycles. The summed E-state index contributed by atoms with van der Waals surface area (Å²) in [7, 11) is 1.65. The predicted molar refractivity (Wildman–Crippen MR) is 107 cm³/mol. The normalized spacial score (nSPS) is 10.7. The number of esters is 1. The highest BCUT2D eigenvalue weighted by Crippen LogP contribution is 2.34. The minimum Gasteiger partial charge on any atom is -0.407 e. The van der Waals surface area contributed by atoms with Crippen LogP contribution in [0.1, 0.15) is 66.9 Å². The van der Waals surface area contributed by atoms with Crippen molar-refractivity contribution in [3.05, 3.63) is 50.7 Å². The summed E-state index contributed by atoms with van der Waals surface area (Å²) >= 11 is 6.41. The molecule has 0 aliphatic rings. The van der Waals surface area contributed by atoms with E-state index in [1.165, 1.54) is 4.68 Å². The molecule has 0 spiro atoms. The summed E-state index contributed by atoms with van der Waals surface area (Å²) in [6.45, 7) is 11.3. The van der Waals surface area contributed by atoms with Gasteiger partial charge in [-0.1, -0.05) is 24.1 Å². The Labute approximate surface area is 165 Å². The van der Waals surface area contributed by atoms with E-state index in [1.807, 2.05) is 27.7 Å². The topological polar surface area (TPSA) is 61.2 Å². The quantitative estimate of drug-likeness (QED) is 0.531. The van der Waals surface area contributed by atoms with Gasteiger partial charge < -0.3 is 4.74 Å². The van der Waals surface area contributed by atoms with Crippen LogP contribution in [-0.2, 0) is 11.8 Å². The lowest BCUT2D eigenvalue weighted by atomic mass is 9.91. The fraction of sp³-hybridized carbons (Fsp3) is 0.381. The second-order valence-corrected chi connectivity index (χ2v) is 7.17. The molecule has 0 saturated heterocycles. The zero-order valence-corrected chi connectivity index (χ0v) is 17.6. The van der Waals surface area contributed by atoms with Crippen LogP contribution in [0.25, 0.3) is 5.57 Å². The Kier molecular flexibility index (Phi) is 6.26. The Bertz CT molecular complexity index is 951. The van der Waals surface area contributed by atoms with E-state index < -0.39 is 5.97 Å². The number of hydrogen-bond acceptors (Lipinski definition) is 4. The molecular formula is C21H25ClN2O3. The van der Waals surface area contributed by atoms with Crippen molar-refractivity contribution in [1.82, 2.24) is 9.78 Å². The number of benzene rings is 1. The fourth-order valence-corrected chi connectivity index (χ4v) is 3.31. The molecule has 1 heterocycles. The molecule has 0 aliphatic heterocycles. The van der Waals surface area contributed by atoms with Crippen molar-refractivity contribution in [2.24, 2.45) is 7.05 Å². The van der Waals surface area contributed by atoms with E-state index in [-0.39, 0.29) is 18.1 Å². The largest absolute Gasteiger partial charge is 0.407 e. The molecule has 0 atom stereocenters. The first-order chi connectivity index (χ1) is 12.6. The number of hydrogen-bond donors (Lipinski definition) is 0. The van der Waals surface area contributed by atoms with E-state index in [0.29, 0.717) is 21.8 Å². The number of allylic oxidation sites excluding steroid dienone is 2. The third-order valence-electron chi connectivity index (χ3n) is 4.68. The first-order valence-corrected chi connectivity index (χ1v) is 9.20. The highest BCUT2D eigenvalue weighted by atomic mass is 35.5. The number of ketones is 1. The Balaban J connectivity index is 2.66. The van der Waals surface area contributed by atoms with E-state index in [0.717, 1.165) is 22.3 Å². The van der Waals surface area contributed by atoms with Crippen LogP contribution in [0.15, 0.2) is 17.7 Å². The molecule has 5 nitrogen and oxygen atoms in total. The van der Waals surface area contributed by atoms with E-state index in [9.17, 15) is 9.59 Å². The molecule has 1 aromatic carbocycles. The van der Waals surface area contributed by atoms with Gasteiger partial charge >= 0.3 is 5.97 Å². The minimum absolute atomic E-state index is 0.166. The van der Waals surface area contributed by atoms with Gasteiger partial charge in [-0.2, -0.15) is 5.10 Å². The molecule has 6 heteroatoms. The van der Waals surface area contributed by atoms with Crippen molar-refractivity contribution in [3.8, 4) is 5.88 Å². The van der Waals surface area contributed by atoms with Crippen molar-refractivity contribution in [1.29, 1.82) is 0 Å². The number of aryl methyl sites for hydroxylation is 2. The standard InChI is InChI=1S/C21H25ClN2O3/c1-8-17(25)27-21-19(14(6)23-24(21)7)20(26)15-9-10-16(22)18(13(15)5)12(4)11(2)3/h9-10H,8H2,1-7H3. The molecule has 0 saturated carbocycles. The van der Waals surface area contributed by atoms with Gasteiger partial charge in [-0.3, -0.25) is 9.59 Å². The number of carbonyl (C=O) groups is 2. The summed E-state index contributed by atoms with van der Waals surface area (Å²) in [5.74, 6) is -0.489. The molecule has 2 rings (SSSR count). The second kappa shape index (κ2) is 8.09. The highest BCUT2D eigenvalue weighted by Gasteiger charge is 2.26. The maximum absolute atomic E-state index is 13.3.